The van der Waals surface area contributed by atoms with E-state index in [-0.39, 0.29) is 4.90 Å². The molecule has 21 heavy (non-hydrogen) atoms. The summed E-state index contributed by atoms with van der Waals surface area (Å²) < 4.78 is 25.2. The third-order valence-corrected chi connectivity index (χ3v) is 5.40. The number of benzene rings is 2. The summed E-state index contributed by atoms with van der Waals surface area (Å²) in [4.78, 5) is 0.595. The van der Waals surface area contributed by atoms with E-state index in [2.05, 4.69) is 13.8 Å². The Bertz CT molecular complexity index is 732. The highest BCUT2D eigenvalue weighted by Crippen LogP contribution is 2.25. The molecule has 2 nitrogen and oxygen atoms in total. The fourth-order valence-corrected chi connectivity index (χ4v) is 3.73. The third kappa shape index (κ3) is 3.66. The smallest absolute Gasteiger partial charge is 0.206 e. The van der Waals surface area contributed by atoms with Crippen LogP contribution in [0.25, 0.3) is 0 Å². The largest absolute Gasteiger partial charge is 0.219 e. The SMILES string of the molecule is Cc1cc(S(=O)(=O)c2ccc(Cl)cc2)ccc1CC(C)C. The highest BCUT2D eigenvalue weighted by atomic mass is 35.5. The predicted octanol–water partition coefficient (Wildman–Crippen LogP) is 4.68. The van der Waals surface area contributed by atoms with E-state index in [4.69, 9.17) is 11.6 Å². The topological polar surface area (TPSA) is 34.1 Å². The molecule has 0 aliphatic carbocycles. The molecule has 0 radical (unpaired) electrons. The van der Waals surface area contributed by atoms with E-state index in [0.717, 1.165) is 12.0 Å². The number of halogens is 1. The molecule has 112 valence electrons. The van der Waals surface area contributed by atoms with Gasteiger partial charge in [-0.05, 0) is 66.8 Å². The van der Waals surface area contributed by atoms with Crippen LogP contribution in [0.5, 0.6) is 0 Å². The maximum atomic E-state index is 12.6. The first kappa shape index (κ1) is 16.1. The monoisotopic (exact) mass is 322 g/mol. The minimum absolute atomic E-state index is 0.267. The van der Waals surface area contributed by atoms with Crippen LogP contribution < -0.4 is 0 Å². The minimum Gasteiger partial charge on any atom is -0.219 e. The molecule has 0 spiro atoms. The average Bonchev–Trinajstić information content (AvgIpc) is 2.41. The zero-order valence-electron chi connectivity index (χ0n) is 12.4. The molecule has 0 bridgehead atoms. The summed E-state index contributed by atoms with van der Waals surface area (Å²) >= 11 is 5.81. The number of rotatable bonds is 4. The summed E-state index contributed by atoms with van der Waals surface area (Å²) in [5.74, 6) is 0.544. The normalized spacial score (nSPS) is 11.9. The van der Waals surface area contributed by atoms with Gasteiger partial charge >= 0.3 is 0 Å². The lowest BCUT2D eigenvalue weighted by molar-refractivity contribution is 0.595. The van der Waals surface area contributed by atoms with E-state index >= 15 is 0 Å². The Hall–Kier alpha value is -1.32. The van der Waals surface area contributed by atoms with Crippen molar-refractivity contribution in [2.24, 2.45) is 5.92 Å². The second kappa shape index (κ2) is 6.20. The van der Waals surface area contributed by atoms with Gasteiger partial charge in [0, 0.05) is 5.02 Å². The molecule has 2 aromatic carbocycles. The lowest BCUT2D eigenvalue weighted by Gasteiger charge is -2.11. The van der Waals surface area contributed by atoms with Crippen molar-refractivity contribution in [2.45, 2.75) is 37.0 Å². The highest BCUT2D eigenvalue weighted by Gasteiger charge is 2.18. The Labute approximate surface area is 131 Å². The fourth-order valence-electron chi connectivity index (χ4n) is 2.25. The molecular formula is C17H19ClO2S. The summed E-state index contributed by atoms with van der Waals surface area (Å²) in [5.41, 5.74) is 2.21. The second-order valence-electron chi connectivity index (χ2n) is 5.64. The predicted molar refractivity (Wildman–Crippen MR) is 86.6 cm³/mol. The van der Waals surface area contributed by atoms with Gasteiger partial charge in [0.2, 0.25) is 9.84 Å². The van der Waals surface area contributed by atoms with E-state index < -0.39 is 9.84 Å². The van der Waals surface area contributed by atoms with E-state index in [0.29, 0.717) is 15.8 Å². The van der Waals surface area contributed by atoms with Gasteiger partial charge in [0.1, 0.15) is 0 Å². The molecule has 0 aliphatic heterocycles. The van der Waals surface area contributed by atoms with Crippen molar-refractivity contribution in [3.63, 3.8) is 0 Å². The molecule has 0 heterocycles. The minimum atomic E-state index is -3.48. The van der Waals surface area contributed by atoms with Crippen LogP contribution in [0.4, 0.5) is 0 Å². The van der Waals surface area contributed by atoms with Crippen molar-refractivity contribution in [1.29, 1.82) is 0 Å². The van der Waals surface area contributed by atoms with Gasteiger partial charge in [-0.2, -0.15) is 0 Å². The van der Waals surface area contributed by atoms with Crippen LogP contribution in [0.3, 0.4) is 0 Å². The first-order chi connectivity index (χ1) is 9.80. The maximum Gasteiger partial charge on any atom is 0.206 e. The number of aryl methyl sites for hydroxylation is 1. The first-order valence-electron chi connectivity index (χ1n) is 6.91. The van der Waals surface area contributed by atoms with E-state index in [9.17, 15) is 8.42 Å². The second-order valence-corrected chi connectivity index (χ2v) is 8.03. The van der Waals surface area contributed by atoms with Gasteiger partial charge in [-0.15, -0.1) is 0 Å². The first-order valence-corrected chi connectivity index (χ1v) is 8.77. The van der Waals surface area contributed by atoms with Gasteiger partial charge in [0.15, 0.2) is 0 Å². The Balaban J connectivity index is 2.41. The molecule has 0 saturated heterocycles. The van der Waals surface area contributed by atoms with Crippen molar-refractivity contribution in [1.82, 2.24) is 0 Å². The van der Waals surface area contributed by atoms with Crippen molar-refractivity contribution < 1.29 is 8.42 Å². The zero-order chi connectivity index (χ0) is 15.6. The van der Waals surface area contributed by atoms with Crippen LogP contribution in [-0.4, -0.2) is 8.42 Å². The van der Waals surface area contributed by atoms with E-state index in [1.54, 1.807) is 24.3 Å². The van der Waals surface area contributed by atoms with Gasteiger partial charge in [0.25, 0.3) is 0 Å². The standard InChI is InChI=1S/C17H19ClO2S/c1-12(2)10-14-4-7-17(11-13(14)3)21(19,20)16-8-5-15(18)6-9-16/h4-9,11-12H,10H2,1-3H3. The van der Waals surface area contributed by atoms with Crippen LogP contribution >= 0.6 is 11.6 Å². The van der Waals surface area contributed by atoms with Crippen LogP contribution in [-0.2, 0) is 16.3 Å². The third-order valence-electron chi connectivity index (χ3n) is 3.38. The summed E-state index contributed by atoms with van der Waals surface area (Å²) in [5, 5.41) is 0.525. The molecule has 4 heteroatoms. The van der Waals surface area contributed by atoms with Gasteiger partial charge < -0.3 is 0 Å². The molecular weight excluding hydrogens is 304 g/mol. The van der Waals surface area contributed by atoms with Crippen molar-refractivity contribution in [3.05, 3.63) is 58.6 Å². The Morgan fingerprint density at radius 3 is 2.10 bits per heavy atom. The van der Waals surface area contributed by atoms with Gasteiger partial charge in [-0.3, -0.25) is 0 Å². The number of hydrogen-bond donors (Lipinski definition) is 0. The lowest BCUT2D eigenvalue weighted by atomic mass is 9.99. The van der Waals surface area contributed by atoms with Crippen molar-refractivity contribution >= 4 is 21.4 Å². The molecule has 0 saturated carbocycles. The molecule has 2 rings (SSSR count). The molecule has 0 unspecified atom stereocenters. The Morgan fingerprint density at radius 2 is 1.57 bits per heavy atom. The average molecular weight is 323 g/mol. The van der Waals surface area contributed by atoms with Crippen molar-refractivity contribution in [2.75, 3.05) is 0 Å². The molecule has 0 aliphatic rings. The lowest BCUT2D eigenvalue weighted by Crippen LogP contribution is -2.04. The molecule has 2 aromatic rings. The molecule has 0 fully saturated rings. The summed E-state index contributed by atoms with van der Waals surface area (Å²) in [7, 11) is -3.48. The van der Waals surface area contributed by atoms with Crippen LogP contribution in [0.15, 0.2) is 52.3 Å². The molecule has 0 N–H and O–H groups in total. The zero-order valence-corrected chi connectivity index (χ0v) is 14.0. The maximum absolute atomic E-state index is 12.6. The summed E-state index contributed by atoms with van der Waals surface area (Å²) in [6.45, 7) is 6.26. The number of hydrogen-bond acceptors (Lipinski definition) is 2. The molecule has 0 atom stereocenters. The van der Waals surface area contributed by atoms with Crippen LogP contribution in [0.2, 0.25) is 5.02 Å². The van der Waals surface area contributed by atoms with Crippen molar-refractivity contribution in [3.8, 4) is 0 Å². The van der Waals surface area contributed by atoms with Crippen LogP contribution in [0.1, 0.15) is 25.0 Å². The summed E-state index contributed by atoms with van der Waals surface area (Å²) in [6, 6.07) is 11.6. The number of sulfone groups is 1. The molecule has 0 aromatic heterocycles. The molecule has 0 amide bonds. The van der Waals surface area contributed by atoms with E-state index in [1.165, 1.54) is 17.7 Å². The van der Waals surface area contributed by atoms with Gasteiger partial charge in [0.05, 0.1) is 9.79 Å². The Kier molecular flexibility index (Phi) is 4.74. The summed E-state index contributed by atoms with van der Waals surface area (Å²) in [6.07, 6.45) is 0.951. The Morgan fingerprint density at radius 1 is 1.00 bits per heavy atom. The highest BCUT2D eigenvalue weighted by molar-refractivity contribution is 7.91. The quantitative estimate of drug-likeness (QED) is 0.819. The van der Waals surface area contributed by atoms with Gasteiger partial charge in [-0.1, -0.05) is 31.5 Å². The van der Waals surface area contributed by atoms with E-state index in [1.807, 2.05) is 13.0 Å². The fraction of sp³-hybridized carbons (Fsp3) is 0.294. The van der Waals surface area contributed by atoms with Gasteiger partial charge in [-0.25, -0.2) is 8.42 Å². The van der Waals surface area contributed by atoms with Crippen LogP contribution in [0, 0.1) is 12.8 Å².